The Morgan fingerprint density at radius 1 is 1.50 bits per heavy atom. The minimum atomic E-state index is -0.863. The molecule has 0 radical (unpaired) electrons. The molecule has 14 heavy (non-hydrogen) atoms. The van der Waals surface area contributed by atoms with Gasteiger partial charge in [-0.05, 0) is 12.8 Å². The van der Waals surface area contributed by atoms with Crippen molar-refractivity contribution in [3.05, 3.63) is 17.0 Å². The highest BCUT2D eigenvalue weighted by atomic mass is 16.4. The number of rotatable bonds is 4. The van der Waals surface area contributed by atoms with E-state index in [0.29, 0.717) is 17.7 Å². The lowest BCUT2D eigenvalue weighted by Gasteiger charge is -1.98. The zero-order valence-corrected chi connectivity index (χ0v) is 8.87. The number of aryl methyl sites for hydroxylation is 2. The van der Waals surface area contributed by atoms with E-state index in [0.717, 1.165) is 18.5 Å². The van der Waals surface area contributed by atoms with Crippen LogP contribution in [0.3, 0.4) is 0 Å². The number of carbonyl (C=O) groups is 1. The fourth-order valence-electron chi connectivity index (χ4n) is 1.68. The Bertz CT molecular complexity index is 342. The molecule has 0 spiro atoms. The second kappa shape index (κ2) is 4.26. The van der Waals surface area contributed by atoms with Gasteiger partial charge in [0.05, 0.1) is 11.4 Å². The maximum absolute atomic E-state index is 11.0. The highest BCUT2D eigenvalue weighted by molar-refractivity contribution is 5.90. The lowest BCUT2D eigenvalue weighted by atomic mass is 10.1. The first kappa shape index (κ1) is 10.8. The summed E-state index contributed by atoms with van der Waals surface area (Å²) in [6.45, 7) is 3.96. The standard InChI is InChI=1S/C10H16N2O2/c1-4-6-7-9(10(13)14)8(5-2)12(3)11-7/h4-6H2,1-3H3,(H,13,14). The van der Waals surface area contributed by atoms with E-state index in [1.54, 1.807) is 11.7 Å². The first-order valence-electron chi connectivity index (χ1n) is 4.89. The maximum atomic E-state index is 11.0. The number of nitrogens with zero attached hydrogens (tertiary/aromatic N) is 2. The van der Waals surface area contributed by atoms with E-state index < -0.39 is 5.97 Å². The molecule has 0 bridgehead atoms. The number of carboxylic acid groups (broad SMARTS) is 1. The predicted octanol–water partition coefficient (Wildman–Crippen LogP) is 1.63. The van der Waals surface area contributed by atoms with Crippen LogP contribution in [0, 0.1) is 0 Å². The molecule has 0 fully saturated rings. The smallest absolute Gasteiger partial charge is 0.339 e. The van der Waals surface area contributed by atoms with Crippen molar-refractivity contribution in [3.63, 3.8) is 0 Å². The van der Waals surface area contributed by atoms with Crippen molar-refractivity contribution in [2.45, 2.75) is 33.1 Å². The molecule has 1 N–H and O–H groups in total. The Morgan fingerprint density at radius 3 is 2.57 bits per heavy atom. The van der Waals surface area contributed by atoms with Gasteiger partial charge in [-0.1, -0.05) is 20.3 Å². The molecule has 0 saturated carbocycles. The Kier molecular flexibility index (Phi) is 3.28. The lowest BCUT2D eigenvalue weighted by molar-refractivity contribution is 0.0694. The fraction of sp³-hybridized carbons (Fsp3) is 0.600. The molecular formula is C10H16N2O2. The van der Waals surface area contributed by atoms with Gasteiger partial charge in [-0.25, -0.2) is 4.79 Å². The average Bonchev–Trinajstić information content (AvgIpc) is 2.42. The van der Waals surface area contributed by atoms with Gasteiger partial charge < -0.3 is 5.11 Å². The van der Waals surface area contributed by atoms with E-state index in [9.17, 15) is 4.79 Å². The monoisotopic (exact) mass is 196 g/mol. The van der Waals surface area contributed by atoms with Crippen LogP contribution in [0.15, 0.2) is 0 Å². The van der Waals surface area contributed by atoms with Crippen molar-refractivity contribution < 1.29 is 9.90 Å². The van der Waals surface area contributed by atoms with Crippen LogP contribution in [0.25, 0.3) is 0 Å². The second-order valence-electron chi connectivity index (χ2n) is 3.30. The normalized spacial score (nSPS) is 10.5. The van der Waals surface area contributed by atoms with Crippen molar-refractivity contribution in [3.8, 4) is 0 Å². The van der Waals surface area contributed by atoms with Gasteiger partial charge in [0, 0.05) is 7.05 Å². The van der Waals surface area contributed by atoms with Crippen LogP contribution in [0.4, 0.5) is 0 Å². The Hall–Kier alpha value is -1.32. The van der Waals surface area contributed by atoms with Crippen LogP contribution in [-0.2, 0) is 19.9 Å². The van der Waals surface area contributed by atoms with Gasteiger partial charge >= 0.3 is 5.97 Å². The molecule has 0 aromatic carbocycles. The van der Waals surface area contributed by atoms with Gasteiger partial charge in [0.25, 0.3) is 0 Å². The van der Waals surface area contributed by atoms with E-state index in [-0.39, 0.29) is 0 Å². The van der Waals surface area contributed by atoms with E-state index in [1.165, 1.54) is 0 Å². The molecule has 0 atom stereocenters. The van der Waals surface area contributed by atoms with E-state index in [2.05, 4.69) is 5.10 Å². The highest BCUT2D eigenvalue weighted by Gasteiger charge is 2.19. The van der Waals surface area contributed by atoms with Gasteiger partial charge in [0.1, 0.15) is 5.56 Å². The number of hydrogen-bond acceptors (Lipinski definition) is 2. The minimum absolute atomic E-state index is 0.400. The molecule has 1 aromatic rings. The predicted molar refractivity (Wildman–Crippen MR) is 53.5 cm³/mol. The Morgan fingerprint density at radius 2 is 2.14 bits per heavy atom. The second-order valence-corrected chi connectivity index (χ2v) is 3.30. The quantitative estimate of drug-likeness (QED) is 0.796. The summed E-state index contributed by atoms with van der Waals surface area (Å²) >= 11 is 0. The third-order valence-corrected chi connectivity index (χ3v) is 2.27. The molecule has 1 aromatic heterocycles. The zero-order chi connectivity index (χ0) is 10.7. The van der Waals surface area contributed by atoms with Gasteiger partial charge in [0.2, 0.25) is 0 Å². The summed E-state index contributed by atoms with van der Waals surface area (Å²) in [4.78, 5) is 11.0. The largest absolute Gasteiger partial charge is 0.478 e. The van der Waals surface area contributed by atoms with Crippen LogP contribution >= 0.6 is 0 Å². The summed E-state index contributed by atoms with van der Waals surface area (Å²) in [5, 5.41) is 13.3. The van der Waals surface area contributed by atoms with Crippen LogP contribution in [0.1, 0.15) is 42.0 Å². The molecule has 0 unspecified atom stereocenters. The SMILES string of the molecule is CCCc1nn(C)c(CC)c1C(=O)O. The molecule has 4 nitrogen and oxygen atoms in total. The van der Waals surface area contributed by atoms with Crippen LogP contribution in [0.2, 0.25) is 0 Å². The minimum Gasteiger partial charge on any atom is -0.478 e. The highest BCUT2D eigenvalue weighted by Crippen LogP contribution is 2.15. The number of aromatic nitrogens is 2. The number of hydrogen-bond donors (Lipinski definition) is 1. The van der Waals surface area contributed by atoms with E-state index in [1.807, 2.05) is 13.8 Å². The number of carboxylic acids is 1. The summed E-state index contributed by atoms with van der Waals surface area (Å²) < 4.78 is 1.68. The third-order valence-electron chi connectivity index (χ3n) is 2.27. The molecule has 1 heterocycles. The molecule has 0 saturated heterocycles. The van der Waals surface area contributed by atoms with Gasteiger partial charge in [-0.3, -0.25) is 4.68 Å². The third kappa shape index (κ3) is 1.78. The summed E-state index contributed by atoms with van der Waals surface area (Å²) in [5.74, 6) is -0.863. The number of aromatic carboxylic acids is 1. The van der Waals surface area contributed by atoms with Crippen LogP contribution in [-0.4, -0.2) is 20.9 Å². The van der Waals surface area contributed by atoms with Crippen LogP contribution < -0.4 is 0 Å². The molecule has 78 valence electrons. The van der Waals surface area contributed by atoms with Gasteiger partial charge in [-0.2, -0.15) is 5.10 Å². The van der Waals surface area contributed by atoms with Gasteiger partial charge in [-0.15, -0.1) is 0 Å². The summed E-state index contributed by atoms with van der Waals surface area (Å²) in [6.07, 6.45) is 2.35. The molecule has 1 rings (SSSR count). The fourth-order valence-corrected chi connectivity index (χ4v) is 1.68. The van der Waals surface area contributed by atoms with Crippen molar-refractivity contribution >= 4 is 5.97 Å². The van der Waals surface area contributed by atoms with E-state index >= 15 is 0 Å². The summed E-state index contributed by atoms with van der Waals surface area (Å²) in [7, 11) is 1.80. The Labute approximate surface area is 83.5 Å². The Balaban J connectivity index is 3.22. The summed E-state index contributed by atoms with van der Waals surface area (Å²) in [5.41, 5.74) is 1.91. The zero-order valence-electron chi connectivity index (χ0n) is 8.87. The molecule has 0 aliphatic heterocycles. The van der Waals surface area contributed by atoms with Crippen molar-refractivity contribution in [1.82, 2.24) is 9.78 Å². The van der Waals surface area contributed by atoms with E-state index in [4.69, 9.17) is 5.11 Å². The lowest BCUT2D eigenvalue weighted by Crippen LogP contribution is -2.04. The average molecular weight is 196 g/mol. The van der Waals surface area contributed by atoms with Crippen molar-refractivity contribution in [1.29, 1.82) is 0 Å². The maximum Gasteiger partial charge on any atom is 0.339 e. The first-order valence-corrected chi connectivity index (χ1v) is 4.89. The molecular weight excluding hydrogens is 180 g/mol. The summed E-state index contributed by atoms with van der Waals surface area (Å²) in [6, 6.07) is 0. The molecule has 0 aliphatic rings. The van der Waals surface area contributed by atoms with Crippen molar-refractivity contribution in [2.75, 3.05) is 0 Å². The van der Waals surface area contributed by atoms with Crippen LogP contribution in [0.5, 0.6) is 0 Å². The topological polar surface area (TPSA) is 55.1 Å². The first-order chi connectivity index (χ1) is 6.61. The molecule has 4 heteroatoms. The molecule has 0 aliphatic carbocycles. The van der Waals surface area contributed by atoms with Crippen molar-refractivity contribution in [2.24, 2.45) is 7.05 Å². The molecule has 0 amide bonds. The van der Waals surface area contributed by atoms with Gasteiger partial charge in [0.15, 0.2) is 0 Å².